The van der Waals surface area contributed by atoms with E-state index in [9.17, 15) is 13.2 Å². The summed E-state index contributed by atoms with van der Waals surface area (Å²) in [5.41, 5.74) is 0.495. The molecule has 0 aromatic carbocycles. The Morgan fingerprint density at radius 3 is 2.73 bits per heavy atom. The largest absolute Gasteiger partial charge is 0.351 e. The van der Waals surface area contributed by atoms with E-state index in [1.54, 1.807) is 11.4 Å². The van der Waals surface area contributed by atoms with E-state index in [1.165, 1.54) is 11.3 Å². The third-order valence-corrected chi connectivity index (χ3v) is 3.99. The van der Waals surface area contributed by atoms with Crippen LogP contribution >= 0.6 is 27.3 Å². The molecule has 0 aliphatic rings. The molecule has 0 unspecified atom stereocenters. The van der Waals surface area contributed by atoms with Crippen molar-refractivity contribution >= 4 is 43.2 Å². The molecular weight excluding hydrogens is 304 g/mol. The van der Waals surface area contributed by atoms with Crippen molar-refractivity contribution in [2.75, 3.05) is 12.3 Å². The molecule has 1 heterocycles. The molecule has 0 atom stereocenters. The Balaban J connectivity index is 2.48. The summed E-state index contributed by atoms with van der Waals surface area (Å²) in [7, 11) is -3.52. The number of carbonyl (C=O) groups is 1. The zero-order chi connectivity index (χ0) is 11.5. The smallest absolute Gasteiger partial charge is 0.253 e. The molecule has 1 amide bonds. The molecule has 0 saturated carbocycles. The predicted octanol–water partition coefficient (Wildman–Crippen LogP) is 0.529. The Morgan fingerprint density at radius 2 is 2.27 bits per heavy atom. The third kappa shape index (κ3) is 4.29. The van der Waals surface area contributed by atoms with Gasteiger partial charge in [-0.15, -0.1) is 11.3 Å². The summed E-state index contributed by atoms with van der Waals surface area (Å²) in [4.78, 5) is 11.4. The second-order valence-corrected chi connectivity index (χ2v) is 6.70. The van der Waals surface area contributed by atoms with Gasteiger partial charge in [-0.05, 0) is 27.4 Å². The van der Waals surface area contributed by atoms with Crippen LogP contribution in [0.1, 0.15) is 10.4 Å². The minimum absolute atomic E-state index is 0.0138. The molecule has 1 aromatic heterocycles. The van der Waals surface area contributed by atoms with Crippen molar-refractivity contribution < 1.29 is 13.2 Å². The third-order valence-electron chi connectivity index (χ3n) is 1.53. The molecule has 3 N–H and O–H groups in total. The Morgan fingerprint density at radius 1 is 1.60 bits per heavy atom. The molecule has 0 aliphatic carbocycles. The standard InChI is InChI=1S/C7H9BrN2O3S2/c8-6-5(1-3-14-6)7(11)10-2-4-15(9,12)13/h1,3H,2,4H2,(H,10,11)(H2,9,12,13). The van der Waals surface area contributed by atoms with Gasteiger partial charge in [0.15, 0.2) is 0 Å². The molecule has 0 spiro atoms. The Labute approximate surface area is 99.8 Å². The summed E-state index contributed by atoms with van der Waals surface area (Å²) in [5.74, 6) is -0.577. The number of nitrogens with two attached hydrogens (primary N) is 1. The van der Waals surface area contributed by atoms with Crippen molar-refractivity contribution in [3.8, 4) is 0 Å². The van der Waals surface area contributed by atoms with Crippen LogP contribution in [0.4, 0.5) is 0 Å². The number of halogens is 1. The highest BCUT2D eigenvalue weighted by atomic mass is 79.9. The fourth-order valence-corrected chi connectivity index (χ4v) is 2.49. The van der Waals surface area contributed by atoms with Crippen molar-refractivity contribution in [2.24, 2.45) is 5.14 Å². The highest BCUT2D eigenvalue weighted by Gasteiger charge is 2.11. The van der Waals surface area contributed by atoms with E-state index in [4.69, 9.17) is 5.14 Å². The molecule has 0 fully saturated rings. The minimum Gasteiger partial charge on any atom is -0.351 e. The second kappa shape index (κ2) is 5.06. The average Bonchev–Trinajstić information content (AvgIpc) is 2.48. The van der Waals surface area contributed by atoms with Crippen LogP contribution in [0.5, 0.6) is 0 Å². The van der Waals surface area contributed by atoms with Gasteiger partial charge in [0.05, 0.1) is 15.1 Å². The van der Waals surface area contributed by atoms with Gasteiger partial charge in [0.1, 0.15) is 0 Å². The number of thiophene rings is 1. The highest BCUT2D eigenvalue weighted by molar-refractivity contribution is 9.11. The zero-order valence-electron chi connectivity index (χ0n) is 7.57. The van der Waals surface area contributed by atoms with Crippen molar-refractivity contribution in [2.45, 2.75) is 0 Å². The fourth-order valence-electron chi connectivity index (χ4n) is 0.858. The number of primary sulfonamides is 1. The number of hydrogen-bond acceptors (Lipinski definition) is 4. The first-order valence-corrected chi connectivity index (χ1v) is 7.30. The maximum Gasteiger partial charge on any atom is 0.253 e. The van der Waals surface area contributed by atoms with Crippen LogP contribution in [-0.2, 0) is 10.0 Å². The van der Waals surface area contributed by atoms with Crippen molar-refractivity contribution in [1.29, 1.82) is 0 Å². The highest BCUT2D eigenvalue weighted by Crippen LogP contribution is 2.22. The summed E-state index contributed by atoms with van der Waals surface area (Å²) in [6, 6.07) is 1.65. The predicted molar refractivity (Wildman–Crippen MR) is 62.3 cm³/mol. The first-order valence-electron chi connectivity index (χ1n) is 3.92. The number of rotatable bonds is 4. The van der Waals surface area contributed by atoms with E-state index in [1.807, 2.05) is 0 Å². The lowest BCUT2D eigenvalue weighted by atomic mass is 10.3. The number of sulfonamides is 1. The molecule has 84 valence electrons. The number of hydrogen-bond donors (Lipinski definition) is 2. The monoisotopic (exact) mass is 312 g/mol. The normalized spacial score (nSPS) is 11.3. The van der Waals surface area contributed by atoms with Crippen molar-refractivity contribution in [3.63, 3.8) is 0 Å². The summed E-state index contributed by atoms with van der Waals surface area (Å²) >= 11 is 4.60. The molecule has 15 heavy (non-hydrogen) atoms. The van der Waals surface area contributed by atoms with Crippen LogP contribution in [-0.4, -0.2) is 26.6 Å². The summed E-state index contributed by atoms with van der Waals surface area (Å²) < 4.78 is 21.9. The Hall–Kier alpha value is -0.440. The Bertz CT molecular complexity index is 455. The molecule has 1 rings (SSSR count). The fraction of sp³-hybridized carbons (Fsp3) is 0.286. The lowest BCUT2D eigenvalue weighted by molar-refractivity contribution is 0.0956. The van der Waals surface area contributed by atoms with Gasteiger partial charge >= 0.3 is 0 Å². The SMILES string of the molecule is NS(=O)(=O)CCNC(=O)c1ccsc1Br. The van der Waals surface area contributed by atoms with Gasteiger partial charge in [-0.2, -0.15) is 0 Å². The average molecular weight is 313 g/mol. The minimum atomic E-state index is -3.52. The molecule has 0 bridgehead atoms. The van der Waals surface area contributed by atoms with Gasteiger partial charge in [0, 0.05) is 6.54 Å². The number of amides is 1. The van der Waals surface area contributed by atoms with Crippen LogP contribution in [0.2, 0.25) is 0 Å². The summed E-state index contributed by atoms with van der Waals surface area (Å²) in [6.45, 7) is 0.0138. The molecule has 0 saturated heterocycles. The number of carbonyl (C=O) groups excluding carboxylic acids is 1. The van der Waals surface area contributed by atoms with E-state index in [0.29, 0.717) is 5.56 Å². The van der Waals surface area contributed by atoms with E-state index in [2.05, 4.69) is 21.2 Å². The van der Waals surface area contributed by atoms with Gasteiger partial charge in [-0.3, -0.25) is 4.79 Å². The first kappa shape index (κ1) is 12.6. The van der Waals surface area contributed by atoms with E-state index in [0.717, 1.165) is 3.79 Å². The van der Waals surface area contributed by atoms with Crippen molar-refractivity contribution in [3.05, 3.63) is 20.8 Å². The van der Waals surface area contributed by atoms with Gasteiger partial charge in [-0.25, -0.2) is 13.6 Å². The lowest BCUT2D eigenvalue weighted by Gasteiger charge is -2.02. The van der Waals surface area contributed by atoms with E-state index >= 15 is 0 Å². The van der Waals surface area contributed by atoms with Crippen LogP contribution in [0.25, 0.3) is 0 Å². The topological polar surface area (TPSA) is 89.3 Å². The van der Waals surface area contributed by atoms with Gasteiger partial charge in [0.2, 0.25) is 10.0 Å². The van der Waals surface area contributed by atoms with Gasteiger partial charge in [-0.1, -0.05) is 0 Å². The summed E-state index contributed by atoms with van der Waals surface area (Å²) in [5, 5.41) is 9.01. The van der Waals surface area contributed by atoms with Crippen molar-refractivity contribution in [1.82, 2.24) is 5.32 Å². The maximum atomic E-state index is 11.4. The van der Waals surface area contributed by atoms with E-state index < -0.39 is 10.0 Å². The van der Waals surface area contributed by atoms with Gasteiger partial charge < -0.3 is 5.32 Å². The molecule has 1 aromatic rings. The van der Waals surface area contributed by atoms with Crippen LogP contribution < -0.4 is 10.5 Å². The zero-order valence-corrected chi connectivity index (χ0v) is 10.8. The molecular formula is C7H9BrN2O3S2. The molecule has 0 radical (unpaired) electrons. The quantitative estimate of drug-likeness (QED) is 0.849. The molecule has 0 aliphatic heterocycles. The van der Waals surface area contributed by atoms with Gasteiger partial charge in [0.25, 0.3) is 5.91 Å². The maximum absolute atomic E-state index is 11.4. The van der Waals surface area contributed by atoms with Crippen LogP contribution in [0, 0.1) is 0 Å². The lowest BCUT2D eigenvalue weighted by Crippen LogP contribution is -2.31. The molecule has 8 heteroatoms. The molecule has 5 nitrogen and oxygen atoms in total. The summed E-state index contributed by atoms with van der Waals surface area (Å²) in [6.07, 6.45) is 0. The number of nitrogens with one attached hydrogen (secondary N) is 1. The van der Waals surface area contributed by atoms with Crippen LogP contribution in [0.15, 0.2) is 15.2 Å². The van der Waals surface area contributed by atoms with Crippen LogP contribution in [0.3, 0.4) is 0 Å². The first-order chi connectivity index (χ1) is 6.90. The second-order valence-electron chi connectivity index (χ2n) is 2.73. The van der Waals surface area contributed by atoms with E-state index in [-0.39, 0.29) is 18.2 Å². The Kier molecular flexibility index (Phi) is 4.26.